The topological polar surface area (TPSA) is 267 Å². The van der Waals surface area contributed by atoms with Crippen LogP contribution in [0.25, 0.3) is 33.6 Å². The molecule has 6 N–H and O–H groups in total. The highest BCUT2D eigenvalue weighted by Crippen LogP contribution is 2.35. The van der Waals surface area contributed by atoms with Gasteiger partial charge in [0, 0.05) is 25.9 Å². The molecule has 4 heterocycles. The van der Waals surface area contributed by atoms with Crippen LogP contribution in [0.1, 0.15) is 74.4 Å². The molecule has 0 bridgehead atoms. The van der Waals surface area contributed by atoms with E-state index < -0.39 is 57.3 Å². The van der Waals surface area contributed by atoms with Crippen molar-refractivity contribution >= 4 is 44.6 Å². The van der Waals surface area contributed by atoms with Crippen molar-refractivity contribution in [2.24, 2.45) is 0 Å². The highest BCUT2D eigenvalue weighted by Gasteiger charge is 2.38. The van der Waals surface area contributed by atoms with Crippen LogP contribution in [0.4, 0.5) is 7.77 Å². The molecule has 8 rings (SSSR count). The van der Waals surface area contributed by atoms with Crippen molar-refractivity contribution in [2.75, 3.05) is 27.2 Å². The number of likely N-dealkylation sites (tertiary alicyclic amines) is 2. The summed E-state index contributed by atoms with van der Waals surface area (Å²) in [6, 6.07) is 23.1. The maximum absolute atomic E-state index is 14.3. The quantitative estimate of drug-likeness (QED) is 0.0499. The van der Waals surface area contributed by atoms with E-state index in [1.807, 2.05) is 48.5 Å². The Hall–Kier alpha value is -7.54. The number of aromatic nitrogens is 4. The summed E-state index contributed by atoms with van der Waals surface area (Å²) >= 11 is 0. The lowest BCUT2D eigenvalue weighted by Gasteiger charge is -2.29. The van der Waals surface area contributed by atoms with Gasteiger partial charge in [-0.2, -0.15) is 16.8 Å². The van der Waals surface area contributed by atoms with Gasteiger partial charge in [-0.15, -0.1) is 0 Å². The number of rotatable bonds is 21. The van der Waals surface area contributed by atoms with Crippen LogP contribution in [0.5, 0.6) is 11.5 Å². The van der Waals surface area contributed by atoms with E-state index in [1.165, 1.54) is 48.5 Å². The minimum absolute atomic E-state index is 0.0735. The summed E-state index contributed by atoms with van der Waals surface area (Å²) in [5, 5.41) is 11.5. The van der Waals surface area contributed by atoms with E-state index >= 15 is 0 Å². The molecular weight excluding hydrogens is 1030 g/mol. The van der Waals surface area contributed by atoms with Crippen LogP contribution in [0.2, 0.25) is 0 Å². The molecule has 76 heavy (non-hydrogen) atoms. The largest absolute Gasteiger partial charge is 0.488 e. The molecule has 6 atom stereocenters. The Morgan fingerprint density at radius 1 is 0.579 bits per heavy atom. The molecule has 402 valence electrons. The molecule has 2 fully saturated rings. The first-order valence-corrected chi connectivity index (χ1v) is 27.2. The molecule has 2 aromatic heterocycles. The van der Waals surface area contributed by atoms with Crippen LogP contribution in [-0.2, 0) is 53.0 Å². The molecule has 20 nitrogen and oxygen atoms in total. The molecule has 2 saturated heterocycles. The average Bonchev–Trinajstić information content (AvgIpc) is 4.26. The molecule has 24 heteroatoms. The van der Waals surface area contributed by atoms with Crippen LogP contribution in [-0.4, -0.2) is 122 Å². The predicted molar refractivity (Wildman–Crippen MR) is 277 cm³/mol. The number of nitrogens with one attached hydrogen (secondary N) is 6. The minimum atomic E-state index is -5.22. The van der Waals surface area contributed by atoms with Gasteiger partial charge in [-0.3, -0.25) is 19.2 Å². The van der Waals surface area contributed by atoms with Gasteiger partial charge in [0.15, 0.2) is 0 Å². The summed E-state index contributed by atoms with van der Waals surface area (Å²) in [4.78, 5) is 74.3. The fourth-order valence-corrected chi connectivity index (χ4v) is 10.0. The maximum atomic E-state index is 14.3. The number of nitrogens with zero attached hydrogens (tertiary/aromatic N) is 4. The number of benzene rings is 4. The molecule has 4 aromatic carbocycles. The Morgan fingerprint density at radius 2 is 0.921 bits per heavy atom. The maximum Gasteiger partial charge on any atom is 0.488 e. The zero-order valence-corrected chi connectivity index (χ0v) is 43.6. The molecule has 2 aliphatic rings. The highest BCUT2D eigenvalue weighted by atomic mass is 32.3. The third-order valence-corrected chi connectivity index (χ3v) is 14.4. The average molecular weight is 1090 g/mol. The fraction of sp³-hybridized carbons (Fsp3) is 0.346. The summed E-state index contributed by atoms with van der Waals surface area (Å²) in [5.41, 5.74) is 6.34. The summed E-state index contributed by atoms with van der Waals surface area (Å²) in [6.45, 7) is 4.21. The Balaban J connectivity index is 0.914. The highest BCUT2D eigenvalue weighted by molar-refractivity contribution is 7.82. The molecule has 0 aliphatic carbocycles. The number of hydrogen-bond donors (Lipinski definition) is 6. The number of imidazole rings is 2. The van der Waals surface area contributed by atoms with Gasteiger partial charge in [0.25, 0.3) is 0 Å². The van der Waals surface area contributed by atoms with Crippen LogP contribution < -0.4 is 29.6 Å². The third-order valence-electron chi connectivity index (χ3n) is 13.6. The Morgan fingerprint density at radius 3 is 1.25 bits per heavy atom. The van der Waals surface area contributed by atoms with Gasteiger partial charge in [-0.25, -0.2) is 9.97 Å². The van der Waals surface area contributed by atoms with Crippen LogP contribution >= 0.6 is 0 Å². The van der Waals surface area contributed by atoms with E-state index in [2.05, 4.69) is 39.6 Å². The Kier molecular flexibility index (Phi) is 17.0. The molecule has 4 amide bonds. The van der Waals surface area contributed by atoms with Crippen molar-refractivity contribution in [3.05, 3.63) is 132 Å². The first-order valence-electron chi connectivity index (χ1n) is 24.6. The predicted octanol–water partition coefficient (Wildman–Crippen LogP) is 5.32. The zero-order valence-electron chi connectivity index (χ0n) is 42.0. The summed E-state index contributed by atoms with van der Waals surface area (Å²) < 4.78 is 78.7. The van der Waals surface area contributed by atoms with Gasteiger partial charge in [-0.05, 0) is 111 Å². The van der Waals surface area contributed by atoms with Gasteiger partial charge in [0.2, 0.25) is 23.6 Å². The lowest BCUT2D eigenvalue weighted by atomic mass is 10.0. The number of H-pyrrole nitrogens is 2. The molecule has 0 saturated carbocycles. The van der Waals surface area contributed by atoms with Crippen molar-refractivity contribution in [1.29, 1.82) is 0 Å². The number of amides is 4. The molecular formula is C52H58F2N10O10S2. The van der Waals surface area contributed by atoms with Gasteiger partial charge in [-0.1, -0.05) is 80.6 Å². The molecule has 2 aliphatic heterocycles. The van der Waals surface area contributed by atoms with Crippen molar-refractivity contribution in [3.63, 3.8) is 0 Å². The second kappa shape index (κ2) is 23.6. The summed E-state index contributed by atoms with van der Waals surface area (Å²) in [5.74, 6) is -0.679. The van der Waals surface area contributed by atoms with Gasteiger partial charge < -0.3 is 49.4 Å². The number of carbonyl (C=O) groups is 4. The van der Waals surface area contributed by atoms with E-state index in [4.69, 9.17) is 9.97 Å². The lowest BCUT2D eigenvalue weighted by Crippen LogP contribution is -2.53. The molecule has 0 unspecified atom stereocenters. The Labute approximate surface area is 439 Å². The van der Waals surface area contributed by atoms with Crippen molar-refractivity contribution < 1.29 is 52.2 Å². The van der Waals surface area contributed by atoms with Crippen LogP contribution in [0.15, 0.2) is 109 Å². The van der Waals surface area contributed by atoms with Crippen molar-refractivity contribution in [2.45, 2.75) is 88.6 Å². The lowest BCUT2D eigenvalue weighted by molar-refractivity contribution is -0.137. The summed E-state index contributed by atoms with van der Waals surface area (Å²) in [6.07, 6.45) is 6.29. The molecule has 6 aromatic rings. The fourth-order valence-electron chi connectivity index (χ4n) is 9.34. The van der Waals surface area contributed by atoms with Crippen molar-refractivity contribution in [3.8, 4) is 45.1 Å². The van der Waals surface area contributed by atoms with E-state index in [0.717, 1.165) is 33.6 Å². The third kappa shape index (κ3) is 13.6. The van der Waals surface area contributed by atoms with E-state index in [9.17, 15) is 43.8 Å². The molecule has 0 spiro atoms. The SMILES string of the molecule is CN[C@@H](C)C(=O)N[C@@H](Cc1ccc(OS(=O)(=O)F)cc1)C(=O)N1CCC[C@H]1c1ncc(-c2ccc(-c3ccc(-c4cnc([C@@H]5CCCN5C(=O)[C@H](Cc5ccc(OS(=O)(=O)F)cc5)NC(=O)[C@H](C)NC)[nH]4)cc3)cc2)[nH]1. The Bertz CT molecular complexity index is 3030. The number of likely N-dealkylation sites (N-methyl/N-ethyl adjacent to an activating group) is 2. The number of aromatic amines is 2. The van der Waals surface area contributed by atoms with Gasteiger partial charge in [0.05, 0.1) is 47.9 Å². The van der Waals surface area contributed by atoms with Crippen LogP contribution in [0.3, 0.4) is 0 Å². The van der Waals surface area contributed by atoms with Crippen LogP contribution in [0, 0.1) is 0 Å². The standard InChI is InChI=1S/C52H58F2N10O10S2/c1-31(55-3)49(65)61-41(27-33-9-21-39(22-10-33)73-75(53,69)70)51(67)63-25-5-7-45(63)47-57-29-43(59-47)37-17-13-35(14-18-37)36-15-19-38(20-16-36)44-30-58-48(60-44)46-8-6-26-64(46)52(68)42(62-50(66)32(2)56-4)28-34-11-23-40(24-12-34)74-76(54,71)72/h9-24,29-32,41-42,45-46,55-56H,5-8,25-28H2,1-4H3,(H,57,59)(H,58,60)(H,61,65)(H,62,66)/t31-,32-,41-,42-,45-,46-/m0/s1. The number of halogens is 2. The normalized spacial score (nSPS) is 17.4. The number of hydrogen-bond acceptors (Lipinski definition) is 14. The monoisotopic (exact) mass is 1080 g/mol. The van der Waals surface area contributed by atoms with E-state index in [0.29, 0.717) is 61.5 Å². The second-order valence-corrected chi connectivity index (χ2v) is 20.6. The number of carbonyl (C=O) groups excluding carboxylic acids is 4. The second-order valence-electron chi connectivity index (χ2n) is 18.7. The van der Waals surface area contributed by atoms with Gasteiger partial charge >= 0.3 is 21.0 Å². The molecule has 0 radical (unpaired) electrons. The first-order chi connectivity index (χ1) is 36.2. The van der Waals surface area contributed by atoms with Crippen molar-refractivity contribution in [1.82, 2.24) is 51.0 Å². The summed E-state index contributed by atoms with van der Waals surface area (Å²) in [7, 11) is -7.18. The van der Waals surface area contributed by atoms with E-state index in [1.54, 1.807) is 50.1 Å². The van der Waals surface area contributed by atoms with E-state index in [-0.39, 0.29) is 48.0 Å². The zero-order chi connectivity index (χ0) is 54.3. The van der Waals surface area contributed by atoms with Gasteiger partial charge in [0.1, 0.15) is 35.2 Å². The minimum Gasteiger partial charge on any atom is -0.358 e. The first kappa shape index (κ1) is 54.7. The smallest absolute Gasteiger partial charge is 0.358 e.